The molecule has 0 saturated heterocycles. The summed E-state index contributed by atoms with van der Waals surface area (Å²) in [5.74, 6) is -0.734. The molecule has 0 radical (unpaired) electrons. The average molecular weight is 275 g/mol. The van der Waals surface area contributed by atoms with E-state index in [1.807, 2.05) is 0 Å². The summed E-state index contributed by atoms with van der Waals surface area (Å²) in [6.07, 6.45) is 2.68. The molecular formula is C17H25NO2. The molecule has 0 bridgehead atoms. The summed E-state index contributed by atoms with van der Waals surface area (Å²) in [6, 6.07) is 8.95. The van der Waals surface area contributed by atoms with Crippen molar-refractivity contribution in [3.05, 3.63) is 35.4 Å². The first-order chi connectivity index (χ1) is 9.20. The highest BCUT2D eigenvalue weighted by Gasteiger charge is 2.36. The van der Waals surface area contributed by atoms with Gasteiger partial charge in [-0.05, 0) is 58.1 Å². The summed E-state index contributed by atoms with van der Waals surface area (Å²) < 4.78 is 0. The zero-order chi connectivity index (χ0) is 15.0. The summed E-state index contributed by atoms with van der Waals surface area (Å²) in [7, 11) is 0. The number of nitrogens with one attached hydrogen (secondary N) is 1. The number of aliphatic carboxylic acids is 1. The molecule has 1 aliphatic rings. The molecule has 0 heterocycles. The summed E-state index contributed by atoms with van der Waals surface area (Å²) in [5.41, 5.74) is 1.94. The normalized spacial score (nSPS) is 16.2. The Morgan fingerprint density at radius 3 is 2.15 bits per heavy atom. The third kappa shape index (κ3) is 3.40. The summed E-state index contributed by atoms with van der Waals surface area (Å²) >= 11 is 0. The van der Waals surface area contributed by atoms with E-state index in [-0.39, 0.29) is 5.54 Å². The molecular weight excluding hydrogens is 250 g/mol. The molecule has 2 N–H and O–H groups in total. The van der Waals surface area contributed by atoms with Gasteiger partial charge in [-0.25, -0.2) is 0 Å². The maximum Gasteiger partial charge on any atom is 0.309 e. The van der Waals surface area contributed by atoms with Gasteiger partial charge in [0.15, 0.2) is 0 Å². The number of carboxylic acid groups (broad SMARTS) is 1. The standard InChI is InChI=1S/C17H25NO2/c1-16(2,15(19)20)11-17(3,4)18-14-9-12-7-5-6-8-13(12)10-14/h5-8,14,18H,9-11H2,1-4H3,(H,19,20). The van der Waals surface area contributed by atoms with Gasteiger partial charge in [0, 0.05) is 11.6 Å². The van der Waals surface area contributed by atoms with Crippen LogP contribution in [0.3, 0.4) is 0 Å². The van der Waals surface area contributed by atoms with Crippen LogP contribution in [-0.4, -0.2) is 22.7 Å². The SMILES string of the molecule is CC(C)(CC(C)(C)C(=O)O)NC1Cc2ccccc2C1. The number of hydrogen-bond donors (Lipinski definition) is 2. The van der Waals surface area contributed by atoms with E-state index < -0.39 is 11.4 Å². The van der Waals surface area contributed by atoms with Gasteiger partial charge in [0.1, 0.15) is 0 Å². The van der Waals surface area contributed by atoms with Crippen LogP contribution >= 0.6 is 0 Å². The first-order valence-corrected chi connectivity index (χ1v) is 7.27. The van der Waals surface area contributed by atoms with Crippen molar-refractivity contribution in [2.24, 2.45) is 5.41 Å². The Kier molecular flexibility index (Phi) is 3.92. The van der Waals surface area contributed by atoms with Gasteiger partial charge >= 0.3 is 5.97 Å². The smallest absolute Gasteiger partial charge is 0.309 e. The fourth-order valence-electron chi connectivity index (χ4n) is 3.44. The van der Waals surface area contributed by atoms with Crippen molar-refractivity contribution >= 4 is 5.97 Å². The Morgan fingerprint density at radius 2 is 1.70 bits per heavy atom. The van der Waals surface area contributed by atoms with E-state index in [1.54, 1.807) is 13.8 Å². The van der Waals surface area contributed by atoms with Gasteiger partial charge in [0.2, 0.25) is 0 Å². The molecule has 3 heteroatoms. The quantitative estimate of drug-likeness (QED) is 0.868. The largest absolute Gasteiger partial charge is 0.481 e. The van der Waals surface area contributed by atoms with Gasteiger partial charge in [0.25, 0.3) is 0 Å². The molecule has 20 heavy (non-hydrogen) atoms. The molecule has 0 spiro atoms. The van der Waals surface area contributed by atoms with Crippen LogP contribution in [0.25, 0.3) is 0 Å². The van der Waals surface area contributed by atoms with Gasteiger partial charge in [-0.1, -0.05) is 24.3 Å². The van der Waals surface area contributed by atoms with Crippen molar-refractivity contribution in [1.29, 1.82) is 0 Å². The van der Waals surface area contributed by atoms with Crippen LogP contribution in [0.15, 0.2) is 24.3 Å². The van der Waals surface area contributed by atoms with E-state index in [1.165, 1.54) is 11.1 Å². The van der Waals surface area contributed by atoms with Gasteiger partial charge in [-0.2, -0.15) is 0 Å². The second-order valence-corrected chi connectivity index (χ2v) is 7.27. The predicted octanol–water partition coefficient (Wildman–Crippen LogP) is 3.02. The monoisotopic (exact) mass is 275 g/mol. The molecule has 0 unspecified atom stereocenters. The molecule has 0 aliphatic heterocycles. The Morgan fingerprint density at radius 1 is 1.20 bits per heavy atom. The van der Waals surface area contributed by atoms with Crippen LogP contribution in [0, 0.1) is 5.41 Å². The molecule has 0 atom stereocenters. The highest BCUT2D eigenvalue weighted by atomic mass is 16.4. The second-order valence-electron chi connectivity index (χ2n) is 7.27. The molecule has 0 amide bonds. The number of carbonyl (C=O) groups is 1. The zero-order valence-corrected chi connectivity index (χ0v) is 12.9. The van der Waals surface area contributed by atoms with Gasteiger partial charge in [-0.3, -0.25) is 4.79 Å². The molecule has 110 valence electrons. The molecule has 1 aliphatic carbocycles. The Bertz CT molecular complexity index is 480. The van der Waals surface area contributed by atoms with E-state index in [9.17, 15) is 9.90 Å². The fourth-order valence-corrected chi connectivity index (χ4v) is 3.44. The lowest BCUT2D eigenvalue weighted by Gasteiger charge is -2.35. The zero-order valence-electron chi connectivity index (χ0n) is 12.9. The highest BCUT2D eigenvalue weighted by molar-refractivity contribution is 5.73. The number of hydrogen-bond acceptors (Lipinski definition) is 2. The van der Waals surface area contributed by atoms with E-state index in [0.717, 1.165) is 12.8 Å². The summed E-state index contributed by atoms with van der Waals surface area (Å²) in [4.78, 5) is 11.3. The molecule has 0 aromatic heterocycles. The maximum absolute atomic E-state index is 11.3. The third-order valence-corrected chi connectivity index (χ3v) is 4.11. The van der Waals surface area contributed by atoms with Crippen LogP contribution in [0.4, 0.5) is 0 Å². The lowest BCUT2D eigenvalue weighted by molar-refractivity contribution is -0.148. The first-order valence-electron chi connectivity index (χ1n) is 7.27. The van der Waals surface area contributed by atoms with E-state index >= 15 is 0 Å². The number of carboxylic acids is 1. The first kappa shape index (κ1) is 15.0. The molecule has 2 rings (SSSR count). The molecule has 0 saturated carbocycles. The number of benzene rings is 1. The van der Waals surface area contributed by atoms with Crippen LogP contribution in [0.2, 0.25) is 0 Å². The summed E-state index contributed by atoms with van der Waals surface area (Å²) in [5, 5.41) is 12.9. The fraction of sp³-hybridized carbons (Fsp3) is 0.588. The minimum Gasteiger partial charge on any atom is -0.481 e. The van der Waals surface area contributed by atoms with Gasteiger partial charge < -0.3 is 10.4 Å². The minimum atomic E-state index is -0.734. The number of fused-ring (bicyclic) bond motifs is 1. The highest BCUT2D eigenvalue weighted by Crippen LogP contribution is 2.30. The van der Waals surface area contributed by atoms with E-state index in [4.69, 9.17) is 0 Å². The van der Waals surface area contributed by atoms with Crippen LogP contribution in [0.1, 0.15) is 45.2 Å². The lowest BCUT2D eigenvalue weighted by Crippen LogP contribution is -2.49. The Hall–Kier alpha value is -1.35. The topological polar surface area (TPSA) is 49.3 Å². The summed E-state index contributed by atoms with van der Waals surface area (Å²) in [6.45, 7) is 7.78. The van der Waals surface area contributed by atoms with E-state index in [0.29, 0.717) is 12.5 Å². The van der Waals surface area contributed by atoms with Gasteiger partial charge in [0.05, 0.1) is 5.41 Å². The third-order valence-electron chi connectivity index (χ3n) is 4.11. The van der Waals surface area contributed by atoms with E-state index in [2.05, 4.69) is 43.4 Å². The molecule has 3 nitrogen and oxygen atoms in total. The van der Waals surface area contributed by atoms with Crippen LogP contribution in [0.5, 0.6) is 0 Å². The van der Waals surface area contributed by atoms with Crippen molar-refractivity contribution in [2.45, 2.75) is 58.5 Å². The Labute approximate surface area is 121 Å². The Balaban J connectivity index is 1.99. The lowest BCUT2D eigenvalue weighted by atomic mass is 9.79. The predicted molar refractivity (Wildman–Crippen MR) is 80.9 cm³/mol. The second kappa shape index (κ2) is 5.21. The average Bonchev–Trinajstić information content (AvgIpc) is 2.67. The van der Waals surface area contributed by atoms with Crippen LogP contribution < -0.4 is 5.32 Å². The van der Waals surface area contributed by atoms with Crippen molar-refractivity contribution in [1.82, 2.24) is 5.32 Å². The maximum atomic E-state index is 11.3. The molecule has 1 aromatic rings. The minimum absolute atomic E-state index is 0.186. The number of rotatable bonds is 5. The van der Waals surface area contributed by atoms with Gasteiger partial charge in [-0.15, -0.1) is 0 Å². The van der Waals surface area contributed by atoms with Crippen molar-refractivity contribution < 1.29 is 9.90 Å². The van der Waals surface area contributed by atoms with Crippen molar-refractivity contribution in [3.8, 4) is 0 Å². The molecule has 0 fully saturated rings. The van der Waals surface area contributed by atoms with Crippen molar-refractivity contribution in [3.63, 3.8) is 0 Å². The van der Waals surface area contributed by atoms with Crippen molar-refractivity contribution in [2.75, 3.05) is 0 Å². The molecule has 1 aromatic carbocycles. The van der Waals surface area contributed by atoms with Crippen LogP contribution in [-0.2, 0) is 17.6 Å².